The molecule has 1 heterocycles. The number of anilines is 1. The van der Waals surface area contributed by atoms with Crippen molar-refractivity contribution < 1.29 is 18.0 Å². The summed E-state index contributed by atoms with van der Waals surface area (Å²) in [6.45, 7) is 0.875. The van der Waals surface area contributed by atoms with Crippen molar-refractivity contribution in [3.63, 3.8) is 0 Å². The molecule has 6 heteroatoms. The second-order valence-corrected chi connectivity index (χ2v) is 5.07. The zero-order valence-corrected chi connectivity index (χ0v) is 11.0. The van der Waals surface area contributed by atoms with Crippen LogP contribution in [0.25, 0.3) is 0 Å². The van der Waals surface area contributed by atoms with Crippen LogP contribution in [0.15, 0.2) is 18.2 Å². The van der Waals surface area contributed by atoms with Gasteiger partial charge in [0.15, 0.2) is 5.78 Å². The van der Waals surface area contributed by atoms with E-state index >= 15 is 0 Å². The molecule has 0 spiro atoms. The highest BCUT2D eigenvalue weighted by Gasteiger charge is 2.31. The van der Waals surface area contributed by atoms with Crippen molar-refractivity contribution in [2.45, 2.75) is 37.9 Å². The van der Waals surface area contributed by atoms with Gasteiger partial charge in [-0.05, 0) is 37.6 Å². The second-order valence-electron chi connectivity index (χ2n) is 5.07. The molecule has 1 fully saturated rings. The summed E-state index contributed by atoms with van der Waals surface area (Å²) in [6, 6.07) is 2.99. The minimum Gasteiger partial charge on any atom is -0.398 e. The predicted molar refractivity (Wildman–Crippen MR) is 70.4 cm³/mol. The fraction of sp³-hybridized carbons (Fsp3) is 0.500. The van der Waals surface area contributed by atoms with Gasteiger partial charge in [0, 0.05) is 23.7 Å². The smallest absolute Gasteiger partial charge is 0.398 e. The molecule has 1 aromatic rings. The fourth-order valence-corrected chi connectivity index (χ4v) is 2.42. The Hall–Kier alpha value is -1.56. The molecule has 20 heavy (non-hydrogen) atoms. The van der Waals surface area contributed by atoms with E-state index in [4.69, 9.17) is 5.73 Å². The van der Waals surface area contributed by atoms with E-state index in [0.717, 1.165) is 37.9 Å². The van der Waals surface area contributed by atoms with Crippen molar-refractivity contribution in [3.8, 4) is 0 Å². The number of benzene rings is 1. The zero-order chi connectivity index (χ0) is 14.8. The summed E-state index contributed by atoms with van der Waals surface area (Å²) >= 11 is 0. The van der Waals surface area contributed by atoms with E-state index in [2.05, 4.69) is 5.32 Å². The predicted octanol–water partition coefficient (Wildman–Crippen LogP) is 3.00. The summed E-state index contributed by atoms with van der Waals surface area (Å²) < 4.78 is 37.6. The number of carbonyl (C=O) groups is 1. The molecule has 1 aliphatic heterocycles. The lowest BCUT2D eigenvalue weighted by Crippen LogP contribution is -2.35. The number of hydrogen-bond donors (Lipinski definition) is 2. The molecule has 1 unspecified atom stereocenters. The van der Waals surface area contributed by atoms with Crippen LogP contribution in [0.1, 0.15) is 41.6 Å². The maximum Gasteiger partial charge on any atom is 0.416 e. The minimum absolute atomic E-state index is 0.0953. The summed E-state index contributed by atoms with van der Waals surface area (Å²) in [5, 5.41) is 3.23. The highest BCUT2D eigenvalue weighted by Crippen LogP contribution is 2.31. The van der Waals surface area contributed by atoms with Gasteiger partial charge in [-0.1, -0.05) is 6.42 Å². The lowest BCUT2D eigenvalue weighted by Gasteiger charge is -2.23. The highest BCUT2D eigenvalue weighted by molar-refractivity contribution is 6.01. The third-order valence-corrected chi connectivity index (χ3v) is 3.52. The van der Waals surface area contributed by atoms with Gasteiger partial charge in [0.05, 0.1) is 5.56 Å². The van der Waals surface area contributed by atoms with Gasteiger partial charge in [0.2, 0.25) is 0 Å². The molecule has 0 saturated carbocycles. The Morgan fingerprint density at radius 3 is 2.65 bits per heavy atom. The quantitative estimate of drug-likeness (QED) is 0.663. The van der Waals surface area contributed by atoms with Gasteiger partial charge in [0.1, 0.15) is 0 Å². The van der Waals surface area contributed by atoms with Gasteiger partial charge in [-0.3, -0.25) is 4.79 Å². The van der Waals surface area contributed by atoms with E-state index < -0.39 is 11.7 Å². The van der Waals surface area contributed by atoms with Gasteiger partial charge in [0.25, 0.3) is 0 Å². The number of nitrogens with two attached hydrogens (primary N) is 1. The Morgan fingerprint density at radius 2 is 2.10 bits per heavy atom. The standard InChI is InChI=1S/C14H17F3N2O/c15-14(16,17)9-4-5-11(12(18)7-9)13(20)8-10-3-1-2-6-19-10/h4-5,7,10,19H,1-3,6,8,18H2. The van der Waals surface area contributed by atoms with Crippen LogP contribution in [-0.2, 0) is 6.18 Å². The van der Waals surface area contributed by atoms with E-state index in [-0.39, 0.29) is 29.5 Å². The topological polar surface area (TPSA) is 55.1 Å². The molecule has 3 N–H and O–H groups in total. The first-order chi connectivity index (χ1) is 9.38. The number of halogens is 3. The maximum absolute atomic E-state index is 12.5. The van der Waals surface area contributed by atoms with Crippen molar-refractivity contribution >= 4 is 11.5 Å². The third kappa shape index (κ3) is 3.50. The van der Waals surface area contributed by atoms with Crippen molar-refractivity contribution in [2.75, 3.05) is 12.3 Å². The van der Waals surface area contributed by atoms with Gasteiger partial charge in [-0.2, -0.15) is 13.2 Å². The molecule has 0 aliphatic carbocycles. The lowest BCUT2D eigenvalue weighted by molar-refractivity contribution is -0.137. The Bertz CT molecular complexity index is 494. The Labute approximate surface area is 115 Å². The average molecular weight is 286 g/mol. The number of Topliss-reactive ketones (excluding diaryl/α,β-unsaturated/α-hetero) is 1. The number of rotatable bonds is 3. The molecule has 1 atom stereocenters. The van der Waals surface area contributed by atoms with Crippen LogP contribution < -0.4 is 11.1 Å². The number of carbonyl (C=O) groups excluding carboxylic acids is 1. The van der Waals surface area contributed by atoms with Gasteiger partial charge in [-0.15, -0.1) is 0 Å². The monoisotopic (exact) mass is 286 g/mol. The molecule has 1 saturated heterocycles. The van der Waals surface area contributed by atoms with Crippen LogP contribution in [0.2, 0.25) is 0 Å². The van der Waals surface area contributed by atoms with Crippen LogP contribution in [-0.4, -0.2) is 18.4 Å². The largest absolute Gasteiger partial charge is 0.416 e. The zero-order valence-electron chi connectivity index (χ0n) is 11.0. The molecule has 1 aromatic carbocycles. The van der Waals surface area contributed by atoms with Gasteiger partial charge < -0.3 is 11.1 Å². The summed E-state index contributed by atoms with van der Waals surface area (Å²) in [6.07, 6.45) is -1.11. The molecule has 2 rings (SSSR count). The summed E-state index contributed by atoms with van der Waals surface area (Å²) in [4.78, 5) is 12.1. The van der Waals surface area contributed by atoms with Crippen molar-refractivity contribution in [2.24, 2.45) is 0 Å². The highest BCUT2D eigenvalue weighted by atomic mass is 19.4. The van der Waals surface area contributed by atoms with Crippen LogP contribution in [0.5, 0.6) is 0 Å². The number of nitrogen functional groups attached to an aromatic ring is 1. The summed E-state index contributed by atoms with van der Waals surface area (Å²) in [7, 11) is 0. The Kier molecular flexibility index (Phi) is 4.32. The number of nitrogens with one attached hydrogen (secondary N) is 1. The normalized spacial score (nSPS) is 19.9. The lowest BCUT2D eigenvalue weighted by atomic mass is 9.95. The molecule has 0 radical (unpaired) electrons. The molecule has 1 aliphatic rings. The molecule has 3 nitrogen and oxygen atoms in total. The second kappa shape index (κ2) is 5.83. The Balaban J connectivity index is 2.10. The van der Waals surface area contributed by atoms with Crippen LogP contribution in [0.3, 0.4) is 0 Å². The third-order valence-electron chi connectivity index (χ3n) is 3.52. The molecule has 0 bridgehead atoms. The van der Waals surface area contributed by atoms with E-state index in [9.17, 15) is 18.0 Å². The van der Waals surface area contributed by atoms with Crippen molar-refractivity contribution in [1.29, 1.82) is 0 Å². The number of ketones is 1. The van der Waals surface area contributed by atoms with Crippen LogP contribution >= 0.6 is 0 Å². The number of hydrogen-bond acceptors (Lipinski definition) is 3. The van der Waals surface area contributed by atoms with E-state index in [1.54, 1.807) is 0 Å². The fourth-order valence-electron chi connectivity index (χ4n) is 2.42. The van der Waals surface area contributed by atoms with E-state index in [1.165, 1.54) is 6.07 Å². The van der Waals surface area contributed by atoms with E-state index in [0.29, 0.717) is 0 Å². The molecule has 0 amide bonds. The van der Waals surface area contributed by atoms with E-state index in [1.807, 2.05) is 0 Å². The SMILES string of the molecule is Nc1cc(C(F)(F)F)ccc1C(=O)CC1CCCCN1. The van der Waals surface area contributed by atoms with Crippen molar-refractivity contribution in [3.05, 3.63) is 29.3 Å². The van der Waals surface area contributed by atoms with Gasteiger partial charge in [-0.25, -0.2) is 0 Å². The summed E-state index contributed by atoms with van der Waals surface area (Å²) in [5.41, 5.74) is 4.81. The van der Waals surface area contributed by atoms with Gasteiger partial charge >= 0.3 is 6.18 Å². The first kappa shape index (κ1) is 14.8. The molecule has 0 aromatic heterocycles. The minimum atomic E-state index is -4.44. The number of piperidine rings is 1. The molecular weight excluding hydrogens is 269 g/mol. The average Bonchev–Trinajstić information content (AvgIpc) is 2.38. The first-order valence-corrected chi connectivity index (χ1v) is 6.61. The maximum atomic E-state index is 12.5. The first-order valence-electron chi connectivity index (χ1n) is 6.61. The van der Waals surface area contributed by atoms with Crippen LogP contribution in [0.4, 0.5) is 18.9 Å². The number of alkyl halides is 3. The molecular formula is C14H17F3N2O. The Morgan fingerprint density at radius 1 is 1.35 bits per heavy atom. The van der Waals surface area contributed by atoms with Crippen LogP contribution in [0, 0.1) is 0 Å². The summed E-state index contributed by atoms with van der Waals surface area (Å²) in [5.74, 6) is -0.212. The molecule has 110 valence electrons. The van der Waals surface area contributed by atoms with Crippen molar-refractivity contribution in [1.82, 2.24) is 5.32 Å².